The summed E-state index contributed by atoms with van der Waals surface area (Å²) in [7, 11) is 0. The van der Waals surface area contributed by atoms with Crippen molar-refractivity contribution in [2.45, 2.75) is 44.8 Å². The minimum Gasteiger partial charge on any atom is -0.491 e. The number of hydrogen-bond donors (Lipinski definition) is 1. The molecule has 1 aromatic carbocycles. The van der Waals surface area contributed by atoms with Crippen LogP contribution in [-0.4, -0.2) is 67.9 Å². The van der Waals surface area contributed by atoms with Crippen molar-refractivity contribution in [1.29, 1.82) is 0 Å². The molecule has 2 N–H and O–H groups in total. The third kappa shape index (κ3) is 6.77. The molecule has 2 atom stereocenters. The molecule has 3 rings (SSSR count). The zero-order valence-corrected chi connectivity index (χ0v) is 17.8. The fourth-order valence-electron chi connectivity index (χ4n) is 3.91. The van der Waals surface area contributed by atoms with Gasteiger partial charge in [-0.05, 0) is 44.0 Å². The third-order valence-electron chi connectivity index (χ3n) is 5.42. The predicted octanol–water partition coefficient (Wildman–Crippen LogP) is 3.17. The SMILES string of the molecule is CC(N)C1CCCCN1Cc1ccc(OCCN2CCOCC2)c(Cl)c1.Cl. The fourth-order valence-corrected chi connectivity index (χ4v) is 4.17. The first kappa shape index (κ1) is 22.7. The maximum Gasteiger partial charge on any atom is 0.137 e. The first-order chi connectivity index (χ1) is 12.6. The van der Waals surface area contributed by atoms with Crippen LogP contribution in [0.15, 0.2) is 18.2 Å². The second-order valence-corrected chi connectivity index (χ2v) is 7.87. The molecule has 154 valence electrons. The summed E-state index contributed by atoms with van der Waals surface area (Å²) in [5, 5.41) is 0.693. The summed E-state index contributed by atoms with van der Waals surface area (Å²) in [6.45, 7) is 9.27. The molecule has 0 saturated carbocycles. The monoisotopic (exact) mass is 417 g/mol. The van der Waals surface area contributed by atoms with Crippen molar-refractivity contribution >= 4 is 24.0 Å². The molecule has 2 aliphatic rings. The highest BCUT2D eigenvalue weighted by Crippen LogP contribution is 2.28. The maximum atomic E-state index is 6.47. The summed E-state index contributed by atoms with van der Waals surface area (Å²) < 4.78 is 11.3. The zero-order valence-electron chi connectivity index (χ0n) is 16.2. The predicted molar refractivity (Wildman–Crippen MR) is 113 cm³/mol. The topological polar surface area (TPSA) is 51.0 Å². The normalized spacial score (nSPS) is 22.9. The maximum absolute atomic E-state index is 6.47. The van der Waals surface area contributed by atoms with Gasteiger partial charge in [-0.15, -0.1) is 12.4 Å². The van der Waals surface area contributed by atoms with E-state index in [9.17, 15) is 0 Å². The Kier molecular flexibility index (Phi) is 9.63. The van der Waals surface area contributed by atoms with Crippen LogP contribution in [0.5, 0.6) is 5.75 Å². The van der Waals surface area contributed by atoms with E-state index in [-0.39, 0.29) is 18.4 Å². The minimum atomic E-state index is 0. The van der Waals surface area contributed by atoms with Gasteiger partial charge in [-0.25, -0.2) is 0 Å². The third-order valence-corrected chi connectivity index (χ3v) is 5.72. The van der Waals surface area contributed by atoms with Crippen molar-refractivity contribution < 1.29 is 9.47 Å². The van der Waals surface area contributed by atoms with Gasteiger partial charge in [0.1, 0.15) is 12.4 Å². The summed E-state index contributed by atoms with van der Waals surface area (Å²) in [5.74, 6) is 0.770. The lowest BCUT2D eigenvalue weighted by molar-refractivity contribution is 0.0322. The molecule has 27 heavy (non-hydrogen) atoms. The number of likely N-dealkylation sites (tertiary alicyclic amines) is 1. The molecule has 1 aromatic rings. The number of piperidine rings is 1. The van der Waals surface area contributed by atoms with E-state index in [0.29, 0.717) is 17.7 Å². The Hall–Kier alpha value is -0.560. The van der Waals surface area contributed by atoms with Crippen LogP contribution in [0.4, 0.5) is 0 Å². The van der Waals surface area contributed by atoms with E-state index in [4.69, 9.17) is 26.8 Å². The molecule has 0 spiro atoms. The number of nitrogens with zero attached hydrogens (tertiary/aromatic N) is 2. The lowest BCUT2D eigenvalue weighted by Crippen LogP contribution is -2.48. The number of ether oxygens (including phenoxy) is 2. The van der Waals surface area contributed by atoms with Crippen LogP contribution < -0.4 is 10.5 Å². The average Bonchev–Trinajstić information content (AvgIpc) is 2.65. The van der Waals surface area contributed by atoms with Crippen LogP contribution in [0.2, 0.25) is 5.02 Å². The Morgan fingerprint density at radius 2 is 2.04 bits per heavy atom. The van der Waals surface area contributed by atoms with Crippen LogP contribution >= 0.6 is 24.0 Å². The van der Waals surface area contributed by atoms with Crippen LogP contribution in [-0.2, 0) is 11.3 Å². The van der Waals surface area contributed by atoms with E-state index in [1.165, 1.54) is 24.8 Å². The molecule has 5 nitrogen and oxygen atoms in total. The molecule has 2 unspecified atom stereocenters. The van der Waals surface area contributed by atoms with Crippen molar-refractivity contribution in [2.75, 3.05) is 46.0 Å². The summed E-state index contributed by atoms with van der Waals surface area (Å²) >= 11 is 6.47. The van der Waals surface area contributed by atoms with E-state index in [2.05, 4.69) is 22.8 Å². The smallest absolute Gasteiger partial charge is 0.137 e. The Labute approximate surface area is 174 Å². The highest BCUT2D eigenvalue weighted by atomic mass is 35.5. The summed E-state index contributed by atoms with van der Waals surface area (Å²) in [4.78, 5) is 4.86. The Morgan fingerprint density at radius 1 is 1.26 bits per heavy atom. The van der Waals surface area contributed by atoms with Gasteiger partial charge < -0.3 is 15.2 Å². The van der Waals surface area contributed by atoms with E-state index in [1.807, 2.05) is 12.1 Å². The standard InChI is InChI=1S/C20H32ClN3O2.ClH/c1-16(22)19-4-2-3-7-24(19)15-17-5-6-20(18(21)14-17)26-13-10-23-8-11-25-12-9-23;/h5-6,14,16,19H,2-4,7-13,15,22H2,1H3;1H. The molecule has 2 saturated heterocycles. The fraction of sp³-hybridized carbons (Fsp3) is 0.700. The van der Waals surface area contributed by atoms with Crippen LogP contribution in [0, 0.1) is 0 Å². The first-order valence-electron chi connectivity index (χ1n) is 9.84. The molecule has 0 aromatic heterocycles. The lowest BCUT2D eigenvalue weighted by Gasteiger charge is -2.38. The van der Waals surface area contributed by atoms with Crippen molar-refractivity contribution in [3.8, 4) is 5.75 Å². The largest absolute Gasteiger partial charge is 0.491 e. The highest BCUT2D eigenvalue weighted by molar-refractivity contribution is 6.32. The number of nitrogens with two attached hydrogens (primary N) is 1. The molecule has 0 amide bonds. The number of morpholine rings is 1. The van der Waals surface area contributed by atoms with E-state index < -0.39 is 0 Å². The molecule has 0 radical (unpaired) electrons. The van der Waals surface area contributed by atoms with Gasteiger partial charge in [-0.2, -0.15) is 0 Å². The van der Waals surface area contributed by atoms with Gasteiger partial charge in [0.25, 0.3) is 0 Å². The second-order valence-electron chi connectivity index (χ2n) is 7.46. The molecule has 2 heterocycles. The van der Waals surface area contributed by atoms with Gasteiger partial charge >= 0.3 is 0 Å². The molecule has 2 aliphatic heterocycles. The van der Waals surface area contributed by atoms with Gasteiger partial charge in [-0.1, -0.05) is 24.1 Å². The molecular formula is C20H33Cl2N3O2. The lowest BCUT2D eigenvalue weighted by atomic mass is 9.96. The van der Waals surface area contributed by atoms with Gasteiger partial charge in [0.15, 0.2) is 0 Å². The number of benzene rings is 1. The summed E-state index contributed by atoms with van der Waals surface area (Å²) in [5.41, 5.74) is 7.41. The first-order valence-corrected chi connectivity index (χ1v) is 10.2. The van der Waals surface area contributed by atoms with Crippen molar-refractivity contribution in [3.05, 3.63) is 28.8 Å². The van der Waals surface area contributed by atoms with Gasteiger partial charge in [0, 0.05) is 38.3 Å². The summed E-state index contributed by atoms with van der Waals surface area (Å²) in [6.07, 6.45) is 3.72. The zero-order chi connectivity index (χ0) is 18.4. The summed E-state index contributed by atoms with van der Waals surface area (Å²) in [6, 6.07) is 6.84. The number of halogens is 2. The molecule has 0 aliphatic carbocycles. The highest BCUT2D eigenvalue weighted by Gasteiger charge is 2.25. The Morgan fingerprint density at radius 3 is 2.74 bits per heavy atom. The van der Waals surface area contributed by atoms with Crippen LogP contribution in [0.1, 0.15) is 31.7 Å². The number of hydrogen-bond acceptors (Lipinski definition) is 5. The van der Waals surface area contributed by atoms with Crippen molar-refractivity contribution in [3.63, 3.8) is 0 Å². The Balaban J connectivity index is 0.00000261. The molecular weight excluding hydrogens is 385 g/mol. The van der Waals surface area contributed by atoms with E-state index >= 15 is 0 Å². The van der Waals surface area contributed by atoms with E-state index in [0.717, 1.165) is 51.7 Å². The van der Waals surface area contributed by atoms with Crippen molar-refractivity contribution in [1.82, 2.24) is 9.80 Å². The second kappa shape index (κ2) is 11.4. The molecule has 2 fully saturated rings. The molecule has 7 heteroatoms. The quantitative estimate of drug-likeness (QED) is 0.737. The number of rotatable bonds is 7. The van der Waals surface area contributed by atoms with Gasteiger partial charge in [0.2, 0.25) is 0 Å². The van der Waals surface area contributed by atoms with E-state index in [1.54, 1.807) is 0 Å². The van der Waals surface area contributed by atoms with Crippen LogP contribution in [0.25, 0.3) is 0 Å². The van der Waals surface area contributed by atoms with Crippen molar-refractivity contribution in [2.24, 2.45) is 5.73 Å². The van der Waals surface area contributed by atoms with Gasteiger partial charge in [0.05, 0.1) is 18.2 Å². The van der Waals surface area contributed by atoms with Gasteiger partial charge in [-0.3, -0.25) is 9.80 Å². The minimum absolute atomic E-state index is 0. The Bertz CT molecular complexity index is 568. The molecule has 0 bridgehead atoms. The average molecular weight is 418 g/mol. The van der Waals surface area contributed by atoms with Crippen LogP contribution in [0.3, 0.4) is 0 Å².